The first-order valence-corrected chi connectivity index (χ1v) is 9.99. The number of benzene rings is 1. The van der Waals surface area contributed by atoms with Crippen molar-refractivity contribution in [2.75, 3.05) is 0 Å². The number of hydrogen-bond acceptors (Lipinski definition) is 2. The van der Waals surface area contributed by atoms with Gasteiger partial charge in [-0.1, -0.05) is 30.9 Å². The average Bonchev–Trinajstić information content (AvgIpc) is 3.03. The van der Waals surface area contributed by atoms with Gasteiger partial charge in [0, 0.05) is 40.9 Å². The maximum atomic E-state index is 13.6. The lowest BCUT2D eigenvalue weighted by Gasteiger charge is -2.34. The Labute approximate surface area is 164 Å². The number of halogens is 1. The van der Waals surface area contributed by atoms with E-state index >= 15 is 0 Å². The van der Waals surface area contributed by atoms with Crippen LogP contribution in [0.5, 0.6) is 0 Å². The number of fused-ring (bicyclic) bond motifs is 1. The number of H-pyrrole nitrogens is 1. The number of nitrogens with zero attached hydrogens (tertiary/aromatic N) is 2. The molecule has 4 nitrogen and oxygen atoms in total. The van der Waals surface area contributed by atoms with Crippen LogP contribution in [0.2, 0.25) is 5.02 Å². The van der Waals surface area contributed by atoms with Crippen molar-refractivity contribution in [3.05, 3.63) is 64.6 Å². The number of rotatable bonds is 4. The molecule has 0 spiro atoms. The van der Waals surface area contributed by atoms with E-state index in [1.54, 1.807) is 12.4 Å². The molecule has 0 unspecified atom stereocenters. The Morgan fingerprint density at radius 2 is 1.93 bits per heavy atom. The lowest BCUT2D eigenvalue weighted by atomic mass is 9.93. The Hall–Kier alpha value is -2.33. The molecule has 1 saturated carbocycles. The predicted molar refractivity (Wildman–Crippen MR) is 109 cm³/mol. The molecule has 4 rings (SSSR count). The van der Waals surface area contributed by atoms with Gasteiger partial charge in [0.15, 0.2) is 0 Å². The Kier molecular flexibility index (Phi) is 5.17. The van der Waals surface area contributed by atoms with E-state index in [4.69, 9.17) is 11.6 Å². The monoisotopic (exact) mass is 381 g/mol. The van der Waals surface area contributed by atoms with Gasteiger partial charge < -0.3 is 9.88 Å². The van der Waals surface area contributed by atoms with Crippen molar-refractivity contribution in [3.8, 4) is 0 Å². The number of amides is 1. The fourth-order valence-electron chi connectivity index (χ4n) is 4.10. The van der Waals surface area contributed by atoms with Crippen LogP contribution in [0.25, 0.3) is 10.9 Å². The second-order valence-corrected chi connectivity index (χ2v) is 7.83. The Bertz CT molecular complexity index is 945. The fourth-order valence-corrected chi connectivity index (χ4v) is 4.27. The van der Waals surface area contributed by atoms with Crippen molar-refractivity contribution in [1.29, 1.82) is 0 Å². The largest absolute Gasteiger partial charge is 0.350 e. The van der Waals surface area contributed by atoms with E-state index in [9.17, 15) is 4.79 Å². The smallest absolute Gasteiger partial charge is 0.271 e. The van der Waals surface area contributed by atoms with Crippen LogP contribution in [0.1, 0.15) is 53.7 Å². The summed E-state index contributed by atoms with van der Waals surface area (Å²) in [7, 11) is 0. The maximum absolute atomic E-state index is 13.6. The highest BCUT2D eigenvalue weighted by Gasteiger charge is 2.28. The van der Waals surface area contributed by atoms with E-state index in [1.807, 2.05) is 42.2 Å². The third kappa shape index (κ3) is 3.72. The first-order chi connectivity index (χ1) is 13.1. The maximum Gasteiger partial charge on any atom is 0.271 e. The molecule has 2 heterocycles. The quantitative estimate of drug-likeness (QED) is 0.648. The van der Waals surface area contributed by atoms with Crippen molar-refractivity contribution >= 4 is 28.4 Å². The van der Waals surface area contributed by atoms with Crippen molar-refractivity contribution in [1.82, 2.24) is 14.9 Å². The van der Waals surface area contributed by atoms with Gasteiger partial charge >= 0.3 is 0 Å². The Morgan fingerprint density at radius 3 is 2.67 bits per heavy atom. The summed E-state index contributed by atoms with van der Waals surface area (Å²) in [5.41, 5.74) is 3.70. The molecule has 1 aliphatic carbocycles. The van der Waals surface area contributed by atoms with Gasteiger partial charge in [0.2, 0.25) is 0 Å². The second kappa shape index (κ2) is 7.73. The lowest BCUT2D eigenvalue weighted by molar-refractivity contribution is 0.0608. The zero-order chi connectivity index (χ0) is 18.8. The first kappa shape index (κ1) is 18.1. The van der Waals surface area contributed by atoms with Crippen LogP contribution >= 0.6 is 11.6 Å². The number of aryl methyl sites for hydroxylation is 1. The van der Waals surface area contributed by atoms with E-state index in [-0.39, 0.29) is 11.9 Å². The molecule has 1 aliphatic rings. The van der Waals surface area contributed by atoms with Crippen LogP contribution in [-0.4, -0.2) is 26.8 Å². The summed E-state index contributed by atoms with van der Waals surface area (Å²) < 4.78 is 0. The molecular weight excluding hydrogens is 358 g/mol. The molecule has 27 heavy (non-hydrogen) atoms. The van der Waals surface area contributed by atoms with Crippen LogP contribution in [0.3, 0.4) is 0 Å². The summed E-state index contributed by atoms with van der Waals surface area (Å²) in [5, 5.41) is 1.70. The number of aromatic amines is 1. The molecule has 1 amide bonds. The molecule has 0 aliphatic heterocycles. The predicted octanol–water partition coefficient (Wildman–Crippen LogP) is 5.50. The molecule has 1 fully saturated rings. The van der Waals surface area contributed by atoms with Crippen LogP contribution in [-0.2, 0) is 6.54 Å². The van der Waals surface area contributed by atoms with Crippen LogP contribution in [0.15, 0.2) is 42.7 Å². The Morgan fingerprint density at radius 1 is 1.19 bits per heavy atom. The highest BCUT2D eigenvalue weighted by molar-refractivity contribution is 6.31. The summed E-state index contributed by atoms with van der Waals surface area (Å²) in [6.45, 7) is 2.61. The zero-order valence-electron chi connectivity index (χ0n) is 15.5. The van der Waals surface area contributed by atoms with Crippen LogP contribution in [0, 0.1) is 6.92 Å². The molecule has 0 radical (unpaired) electrons. The molecule has 3 aromatic rings. The zero-order valence-corrected chi connectivity index (χ0v) is 16.3. The summed E-state index contributed by atoms with van der Waals surface area (Å²) in [6, 6.07) is 9.97. The molecule has 1 N–H and O–H groups in total. The van der Waals surface area contributed by atoms with Gasteiger partial charge in [-0.2, -0.15) is 0 Å². The first-order valence-electron chi connectivity index (χ1n) is 9.61. The number of nitrogens with one attached hydrogen (secondary N) is 1. The van der Waals surface area contributed by atoms with Gasteiger partial charge in [-0.15, -0.1) is 0 Å². The number of aromatic nitrogens is 2. The van der Waals surface area contributed by atoms with Gasteiger partial charge in [-0.3, -0.25) is 9.78 Å². The molecular formula is C22H24ClN3O. The minimum Gasteiger partial charge on any atom is -0.350 e. The molecule has 1 aromatic carbocycles. The minimum absolute atomic E-state index is 0.0727. The van der Waals surface area contributed by atoms with E-state index < -0.39 is 0 Å². The van der Waals surface area contributed by atoms with Crippen molar-refractivity contribution < 1.29 is 4.79 Å². The summed E-state index contributed by atoms with van der Waals surface area (Å²) in [6.07, 6.45) is 9.35. The number of carbonyl (C=O) groups excluding carboxylic acids is 1. The summed E-state index contributed by atoms with van der Waals surface area (Å²) in [5.74, 6) is 0.0727. The number of pyridine rings is 1. The summed E-state index contributed by atoms with van der Waals surface area (Å²) >= 11 is 6.16. The molecule has 0 bridgehead atoms. The van der Waals surface area contributed by atoms with Crippen molar-refractivity contribution in [2.45, 2.75) is 51.6 Å². The third-order valence-corrected chi connectivity index (χ3v) is 5.85. The molecule has 0 atom stereocenters. The van der Waals surface area contributed by atoms with Gasteiger partial charge in [0.25, 0.3) is 5.91 Å². The fraction of sp³-hybridized carbons (Fsp3) is 0.364. The van der Waals surface area contributed by atoms with Gasteiger partial charge in [-0.25, -0.2) is 0 Å². The molecule has 5 heteroatoms. The van der Waals surface area contributed by atoms with Crippen LogP contribution < -0.4 is 0 Å². The summed E-state index contributed by atoms with van der Waals surface area (Å²) in [4.78, 5) is 23.1. The lowest BCUT2D eigenvalue weighted by Crippen LogP contribution is -2.41. The standard InChI is InChI=1S/C22H24ClN3O/c1-15-19-13-17(23)7-8-20(19)25-21(15)22(27)26(18-5-3-2-4-6-18)14-16-9-11-24-12-10-16/h7-13,18,25H,2-6,14H2,1H3. The highest BCUT2D eigenvalue weighted by atomic mass is 35.5. The Balaban J connectivity index is 1.70. The van der Waals surface area contributed by atoms with E-state index in [0.29, 0.717) is 17.3 Å². The third-order valence-electron chi connectivity index (χ3n) is 5.61. The van der Waals surface area contributed by atoms with Gasteiger partial charge in [0.1, 0.15) is 5.69 Å². The normalized spacial score (nSPS) is 15.2. The minimum atomic E-state index is 0.0727. The van der Waals surface area contributed by atoms with E-state index in [2.05, 4.69) is 9.97 Å². The van der Waals surface area contributed by atoms with Gasteiger partial charge in [0.05, 0.1) is 0 Å². The SMILES string of the molecule is Cc1c(C(=O)N(Cc2ccncc2)C2CCCCC2)[nH]c2ccc(Cl)cc12. The number of hydrogen-bond donors (Lipinski definition) is 1. The number of carbonyl (C=O) groups is 1. The molecule has 2 aromatic heterocycles. The molecule has 140 valence electrons. The van der Waals surface area contributed by atoms with E-state index in [0.717, 1.165) is 34.9 Å². The van der Waals surface area contributed by atoms with Gasteiger partial charge in [-0.05, 0) is 61.2 Å². The highest BCUT2D eigenvalue weighted by Crippen LogP contribution is 2.29. The van der Waals surface area contributed by atoms with Crippen LogP contribution in [0.4, 0.5) is 0 Å². The second-order valence-electron chi connectivity index (χ2n) is 7.40. The van der Waals surface area contributed by atoms with Crippen molar-refractivity contribution in [2.24, 2.45) is 0 Å². The average molecular weight is 382 g/mol. The topological polar surface area (TPSA) is 49.0 Å². The van der Waals surface area contributed by atoms with E-state index in [1.165, 1.54) is 19.3 Å². The van der Waals surface area contributed by atoms with Crippen molar-refractivity contribution in [3.63, 3.8) is 0 Å². The molecule has 0 saturated heterocycles.